The SMILES string of the molecule is CC(=O)Nc1ccc(S(=O)(=O)N[C@@]2(C(F)(F)F)C(=O)Nc3c2c(=O)[nH]c(=O)n3-c2ccccc2)cc1. The number of benzene rings is 2. The van der Waals surface area contributed by atoms with Gasteiger partial charge in [0.05, 0.1) is 16.1 Å². The number of hydrogen-bond donors (Lipinski definition) is 4. The Morgan fingerprint density at radius 2 is 1.61 bits per heavy atom. The van der Waals surface area contributed by atoms with Crippen LogP contribution in [0.5, 0.6) is 0 Å². The maximum Gasteiger partial charge on any atom is 0.421 e. The normalized spacial score (nSPS) is 17.4. The molecule has 1 aliphatic rings. The van der Waals surface area contributed by atoms with Gasteiger partial charge in [0.15, 0.2) is 0 Å². The Balaban J connectivity index is 1.92. The van der Waals surface area contributed by atoms with Crippen LogP contribution in [-0.2, 0) is 25.2 Å². The molecule has 36 heavy (non-hydrogen) atoms. The lowest BCUT2D eigenvalue weighted by atomic mass is 9.93. The Hall–Kier alpha value is -4.24. The predicted molar refractivity (Wildman–Crippen MR) is 120 cm³/mol. The van der Waals surface area contributed by atoms with E-state index in [1.807, 2.05) is 5.32 Å². The molecule has 0 spiro atoms. The smallest absolute Gasteiger partial charge is 0.326 e. The first-order valence-electron chi connectivity index (χ1n) is 10.0. The summed E-state index contributed by atoms with van der Waals surface area (Å²) in [5.74, 6) is -3.23. The second-order valence-corrected chi connectivity index (χ2v) is 9.35. The number of aromatic amines is 1. The summed E-state index contributed by atoms with van der Waals surface area (Å²) in [5, 5.41) is 4.22. The van der Waals surface area contributed by atoms with Crippen LogP contribution in [0.15, 0.2) is 69.1 Å². The number of carbonyl (C=O) groups is 2. The highest BCUT2D eigenvalue weighted by molar-refractivity contribution is 7.89. The molecule has 15 heteroatoms. The summed E-state index contributed by atoms with van der Waals surface area (Å²) in [5.41, 5.74) is -8.00. The topological polar surface area (TPSA) is 159 Å². The minimum absolute atomic E-state index is 0.00434. The van der Waals surface area contributed by atoms with Gasteiger partial charge in [-0.15, -0.1) is 0 Å². The zero-order valence-electron chi connectivity index (χ0n) is 18.1. The maximum absolute atomic E-state index is 14.5. The molecule has 4 rings (SSSR count). The molecule has 2 amide bonds. The van der Waals surface area contributed by atoms with Gasteiger partial charge in [0.25, 0.3) is 11.5 Å². The van der Waals surface area contributed by atoms with Gasteiger partial charge in [-0.25, -0.2) is 17.8 Å². The molecule has 2 heterocycles. The average molecular weight is 523 g/mol. The van der Waals surface area contributed by atoms with Crippen LogP contribution in [0.2, 0.25) is 0 Å². The summed E-state index contributed by atoms with van der Waals surface area (Å²) in [6.07, 6.45) is -5.66. The molecule has 188 valence electrons. The number of amides is 2. The molecule has 0 aliphatic carbocycles. The molecule has 0 saturated carbocycles. The Morgan fingerprint density at radius 3 is 2.17 bits per heavy atom. The van der Waals surface area contributed by atoms with Crippen molar-refractivity contribution in [1.29, 1.82) is 0 Å². The van der Waals surface area contributed by atoms with E-state index >= 15 is 0 Å². The summed E-state index contributed by atoms with van der Waals surface area (Å²) in [6, 6.07) is 11.2. The number of rotatable bonds is 5. The molecule has 0 bridgehead atoms. The van der Waals surface area contributed by atoms with E-state index in [-0.39, 0.29) is 11.4 Å². The van der Waals surface area contributed by atoms with Crippen molar-refractivity contribution in [1.82, 2.24) is 14.3 Å². The number of para-hydroxylation sites is 1. The Bertz CT molecular complexity index is 1600. The third-order valence-electron chi connectivity index (χ3n) is 5.27. The van der Waals surface area contributed by atoms with E-state index in [1.165, 1.54) is 35.9 Å². The van der Waals surface area contributed by atoms with Crippen LogP contribution >= 0.6 is 0 Å². The molecule has 4 N–H and O–H groups in total. The van der Waals surface area contributed by atoms with Gasteiger partial charge in [-0.2, -0.15) is 17.9 Å². The van der Waals surface area contributed by atoms with Crippen LogP contribution in [0.25, 0.3) is 5.69 Å². The van der Waals surface area contributed by atoms with Gasteiger partial charge in [-0.3, -0.25) is 19.4 Å². The van der Waals surface area contributed by atoms with Crippen molar-refractivity contribution in [2.75, 3.05) is 10.6 Å². The monoisotopic (exact) mass is 523 g/mol. The van der Waals surface area contributed by atoms with Crippen molar-refractivity contribution in [2.24, 2.45) is 0 Å². The number of H-pyrrole nitrogens is 1. The number of hydrogen-bond acceptors (Lipinski definition) is 6. The zero-order valence-corrected chi connectivity index (χ0v) is 19.0. The summed E-state index contributed by atoms with van der Waals surface area (Å²) in [4.78, 5) is 50.2. The molecule has 1 aliphatic heterocycles. The fourth-order valence-electron chi connectivity index (χ4n) is 3.75. The molecule has 3 aromatic rings. The first kappa shape index (κ1) is 24.9. The summed E-state index contributed by atoms with van der Waals surface area (Å²) < 4.78 is 71.6. The minimum Gasteiger partial charge on any atom is -0.326 e. The molecule has 0 fully saturated rings. The van der Waals surface area contributed by atoms with Gasteiger partial charge < -0.3 is 10.6 Å². The lowest BCUT2D eigenvalue weighted by Gasteiger charge is -2.29. The van der Waals surface area contributed by atoms with Crippen LogP contribution in [0.1, 0.15) is 12.5 Å². The lowest BCUT2D eigenvalue weighted by Crippen LogP contribution is -2.61. The van der Waals surface area contributed by atoms with Gasteiger partial charge in [0.1, 0.15) is 5.82 Å². The van der Waals surface area contributed by atoms with Gasteiger partial charge in [0.2, 0.25) is 21.5 Å². The maximum atomic E-state index is 14.5. The predicted octanol–water partition coefficient (Wildman–Crippen LogP) is 1.17. The quantitative estimate of drug-likeness (QED) is 0.393. The summed E-state index contributed by atoms with van der Waals surface area (Å²) in [6.45, 7) is 1.20. The van der Waals surface area contributed by atoms with E-state index in [0.29, 0.717) is 4.57 Å². The van der Waals surface area contributed by atoms with Crippen molar-refractivity contribution in [2.45, 2.75) is 23.5 Å². The van der Waals surface area contributed by atoms with Gasteiger partial charge in [-0.1, -0.05) is 18.2 Å². The third-order valence-corrected chi connectivity index (χ3v) is 6.74. The molecular weight excluding hydrogens is 507 g/mol. The number of sulfonamides is 1. The number of nitrogens with one attached hydrogen (secondary N) is 4. The number of fused-ring (bicyclic) bond motifs is 1. The second-order valence-electron chi connectivity index (χ2n) is 7.67. The van der Waals surface area contributed by atoms with Crippen LogP contribution in [0.4, 0.5) is 24.7 Å². The Kier molecular flexibility index (Phi) is 5.84. The molecule has 1 aromatic heterocycles. The number of aromatic nitrogens is 2. The fourth-order valence-corrected chi connectivity index (χ4v) is 5.07. The molecular formula is C21H16F3N5O6S. The molecule has 0 unspecified atom stereocenters. The van der Waals surface area contributed by atoms with E-state index in [2.05, 4.69) is 5.32 Å². The van der Waals surface area contributed by atoms with E-state index in [0.717, 1.165) is 24.3 Å². The second kappa shape index (κ2) is 8.46. The minimum atomic E-state index is -5.66. The summed E-state index contributed by atoms with van der Waals surface area (Å²) in [7, 11) is -5.09. The first-order valence-corrected chi connectivity index (χ1v) is 11.5. The van der Waals surface area contributed by atoms with Crippen LogP contribution in [0, 0.1) is 0 Å². The largest absolute Gasteiger partial charge is 0.421 e. The first-order chi connectivity index (χ1) is 16.8. The number of alkyl halides is 3. The van der Waals surface area contributed by atoms with Crippen molar-refractivity contribution >= 4 is 33.3 Å². The highest BCUT2D eigenvalue weighted by Gasteiger charge is 2.69. The number of anilines is 2. The molecule has 0 radical (unpaired) electrons. The zero-order chi connectivity index (χ0) is 26.5. The van der Waals surface area contributed by atoms with E-state index in [9.17, 15) is 40.8 Å². The van der Waals surface area contributed by atoms with Crippen LogP contribution < -0.4 is 26.6 Å². The highest BCUT2D eigenvalue weighted by Crippen LogP contribution is 2.46. The van der Waals surface area contributed by atoms with Crippen LogP contribution in [0.3, 0.4) is 0 Å². The molecule has 1 atom stereocenters. The molecule has 2 aromatic carbocycles. The average Bonchev–Trinajstić information content (AvgIpc) is 3.07. The summed E-state index contributed by atoms with van der Waals surface area (Å²) >= 11 is 0. The number of halogens is 3. The number of nitrogens with zero attached hydrogens (tertiary/aromatic N) is 1. The van der Waals surface area contributed by atoms with E-state index in [1.54, 1.807) is 11.1 Å². The van der Waals surface area contributed by atoms with Crippen molar-refractivity contribution < 1.29 is 31.2 Å². The Morgan fingerprint density at radius 1 is 1.00 bits per heavy atom. The third kappa shape index (κ3) is 3.97. The van der Waals surface area contributed by atoms with E-state index < -0.39 is 61.1 Å². The van der Waals surface area contributed by atoms with Crippen molar-refractivity contribution in [3.8, 4) is 5.69 Å². The van der Waals surface area contributed by atoms with Gasteiger partial charge >= 0.3 is 11.9 Å². The molecule has 0 saturated heterocycles. The highest BCUT2D eigenvalue weighted by atomic mass is 32.2. The van der Waals surface area contributed by atoms with E-state index in [4.69, 9.17) is 0 Å². The standard InChI is InChI=1S/C21H16F3N5O6S/c1-11(30)25-12-7-9-14(10-8-12)36(34,35)28-20(21(22,23)24)15-16(26-18(20)32)29(19(33)27-17(15)31)13-5-3-2-4-6-13/h2-10,28H,1H3,(H,25,30)(H,26,32)(H,27,31,33)/t20-/m1/s1. The Labute approximate surface area is 200 Å². The molecule has 11 nitrogen and oxygen atoms in total. The fraction of sp³-hybridized carbons (Fsp3) is 0.143. The van der Waals surface area contributed by atoms with Gasteiger partial charge in [0, 0.05) is 12.6 Å². The van der Waals surface area contributed by atoms with Crippen LogP contribution in [-0.4, -0.2) is 36.0 Å². The van der Waals surface area contributed by atoms with Crippen molar-refractivity contribution in [3.63, 3.8) is 0 Å². The number of carbonyl (C=O) groups excluding carboxylic acids is 2. The van der Waals surface area contributed by atoms with Gasteiger partial charge in [-0.05, 0) is 36.4 Å². The van der Waals surface area contributed by atoms with Crippen molar-refractivity contribution in [3.05, 3.63) is 81.0 Å². The lowest BCUT2D eigenvalue weighted by molar-refractivity contribution is -0.194.